The Bertz CT molecular complexity index is 1300. The Hall–Kier alpha value is -2.54. The van der Waals surface area contributed by atoms with Crippen LogP contribution in [0, 0.1) is 12.3 Å². The number of likely N-dealkylation sites (N-methyl/N-ethyl adjacent to an activating group) is 1. The second kappa shape index (κ2) is 11.9. The molecule has 2 aliphatic rings. The minimum atomic E-state index is -0.233. The Morgan fingerprint density at radius 3 is 2.59 bits per heavy atom. The summed E-state index contributed by atoms with van der Waals surface area (Å²) in [5.41, 5.74) is 3.42. The predicted molar refractivity (Wildman–Crippen MR) is 160 cm³/mol. The summed E-state index contributed by atoms with van der Waals surface area (Å²) in [6.45, 7) is 13.2. The minimum Gasteiger partial charge on any atom is -0.493 e. The lowest BCUT2D eigenvalue weighted by Crippen LogP contribution is -2.52. The second-order valence-corrected chi connectivity index (χ2v) is 12.5. The Kier molecular flexibility index (Phi) is 8.55. The van der Waals surface area contributed by atoms with E-state index in [0.717, 1.165) is 75.0 Å². The molecule has 1 aromatic heterocycles. The van der Waals surface area contributed by atoms with Crippen LogP contribution in [0.5, 0.6) is 5.75 Å². The highest BCUT2D eigenvalue weighted by atomic mass is 35.5. The SMILES string of the molecule is Cc1cc(OCC2(CC(=O)N3CCN(C)CC3)CCCN(Cc3cn(C(C)C)c4ccccc34)C2)ccc1Cl. The van der Waals surface area contributed by atoms with Crippen molar-refractivity contribution < 1.29 is 9.53 Å². The van der Waals surface area contributed by atoms with Gasteiger partial charge in [-0.05, 0) is 82.6 Å². The second-order valence-electron chi connectivity index (χ2n) is 12.0. The van der Waals surface area contributed by atoms with E-state index in [2.05, 4.69) is 70.6 Å². The van der Waals surface area contributed by atoms with E-state index in [1.165, 1.54) is 16.5 Å². The average molecular weight is 551 g/mol. The molecule has 39 heavy (non-hydrogen) atoms. The van der Waals surface area contributed by atoms with Crippen LogP contribution in [0.2, 0.25) is 5.02 Å². The van der Waals surface area contributed by atoms with Crippen molar-refractivity contribution in [3.05, 3.63) is 64.8 Å². The molecule has 210 valence electrons. The normalized spacial score (nSPS) is 21.1. The van der Waals surface area contributed by atoms with E-state index >= 15 is 0 Å². The van der Waals surface area contributed by atoms with Crippen LogP contribution in [0.25, 0.3) is 10.9 Å². The highest BCUT2D eigenvalue weighted by molar-refractivity contribution is 6.31. The lowest BCUT2D eigenvalue weighted by atomic mass is 9.77. The molecule has 0 radical (unpaired) electrons. The number of hydrogen-bond acceptors (Lipinski definition) is 4. The number of piperidine rings is 1. The Morgan fingerprint density at radius 2 is 1.85 bits per heavy atom. The van der Waals surface area contributed by atoms with Crippen molar-refractivity contribution in [2.24, 2.45) is 5.41 Å². The van der Waals surface area contributed by atoms with Gasteiger partial charge in [0.15, 0.2) is 0 Å². The highest BCUT2D eigenvalue weighted by Crippen LogP contribution is 2.37. The molecular weight excluding hydrogens is 508 g/mol. The molecule has 3 heterocycles. The number of fused-ring (bicyclic) bond motifs is 1. The van der Waals surface area contributed by atoms with E-state index in [0.29, 0.717) is 19.1 Å². The summed E-state index contributed by atoms with van der Waals surface area (Å²) in [7, 11) is 2.13. The van der Waals surface area contributed by atoms with Gasteiger partial charge in [-0.25, -0.2) is 0 Å². The van der Waals surface area contributed by atoms with Crippen molar-refractivity contribution in [1.82, 2.24) is 19.3 Å². The van der Waals surface area contributed by atoms with Crippen LogP contribution in [0.4, 0.5) is 0 Å². The zero-order valence-corrected chi connectivity index (χ0v) is 24.7. The molecule has 2 aliphatic heterocycles. The van der Waals surface area contributed by atoms with Gasteiger partial charge in [0.2, 0.25) is 5.91 Å². The number of ether oxygens (including phenoxy) is 1. The van der Waals surface area contributed by atoms with Gasteiger partial charge in [-0.1, -0.05) is 29.8 Å². The first-order chi connectivity index (χ1) is 18.7. The zero-order valence-electron chi connectivity index (χ0n) is 24.0. The molecule has 0 aliphatic carbocycles. The molecule has 2 aromatic carbocycles. The number of amides is 1. The number of benzene rings is 2. The van der Waals surface area contributed by atoms with Gasteiger partial charge in [-0.15, -0.1) is 0 Å². The largest absolute Gasteiger partial charge is 0.493 e. The summed E-state index contributed by atoms with van der Waals surface area (Å²) in [6.07, 6.45) is 4.90. The van der Waals surface area contributed by atoms with Gasteiger partial charge in [0.05, 0.1) is 6.61 Å². The van der Waals surface area contributed by atoms with Crippen LogP contribution in [-0.4, -0.2) is 78.1 Å². The maximum atomic E-state index is 13.6. The number of likely N-dealkylation sites (tertiary alicyclic amines) is 1. The van der Waals surface area contributed by atoms with E-state index in [1.54, 1.807) is 0 Å². The number of piperazine rings is 1. The molecule has 2 saturated heterocycles. The highest BCUT2D eigenvalue weighted by Gasteiger charge is 2.40. The number of nitrogens with zero attached hydrogens (tertiary/aromatic N) is 4. The maximum Gasteiger partial charge on any atom is 0.223 e. The number of hydrogen-bond donors (Lipinski definition) is 0. The van der Waals surface area contributed by atoms with Gasteiger partial charge in [-0.2, -0.15) is 0 Å². The van der Waals surface area contributed by atoms with Crippen LogP contribution in [0.1, 0.15) is 50.3 Å². The zero-order chi connectivity index (χ0) is 27.6. The van der Waals surface area contributed by atoms with E-state index in [1.807, 2.05) is 25.1 Å². The first kappa shape index (κ1) is 28.0. The van der Waals surface area contributed by atoms with Crippen LogP contribution >= 0.6 is 11.6 Å². The standard InChI is InChI=1S/C32H43ClN4O2/c1-24(2)37-21-26(28-8-5-6-9-30(28)37)20-35-13-7-12-32(22-35,19-31(38)36-16-14-34(4)15-17-36)23-39-27-10-11-29(33)25(3)18-27/h5-6,8-11,18,21,24H,7,12-17,19-20,22-23H2,1-4H3. The van der Waals surface area contributed by atoms with Crippen LogP contribution in [0.3, 0.4) is 0 Å². The van der Waals surface area contributed by atoms with Crippen molar-refractivity contribution in [3.8, 4) is 5.75 Å². The minimum absolute atomic E-state index is 0.233. The summed E-state index contributed by atoms with van der Waals surface area (Å²) < 4.78 is 8.81. The van der Waals surface area contributed by atoms with Gasteiger partial charge < -0.3 is 19.1 Å². The van der Waals surface area contributed by atoms with Gasteiger partial charge in [0.1, 0.15) is 5.75 Å². The van der Waals surface area contributed by atoms with E-state index in [4.69, 9.17) is 16.3 Å². The molecule has 1 amide bonds. The van der Waals surface area contributed by atoms with Crippen molar-refractivity contribution in [3.63, 3.8) is 0 Å². The smallest absolute Gasteiger partial charge is 0.223 e. The number of carbonyl (C=O) groups excluding carboxylic acids is 1. The fraction of sp³-hybridized carbons (Fsp3) is 0.531. The van der Waals surface area contributed by atoms with Crippen molar-refractivity contribution in [2.45, 2.75) is 52.6 Å². The Balaban J connectivity index is 1.37. The average Bonchev–Trinajstić information content (AvgIpc) is 3.28. The number of halogens is 1. The Labute approximate surface area is 238 Å². The number of rotatable bonds is 8. The van der Waals surface area contributed by atoms with Gasteiger partial charge in [0.25, 0.3) is 0 Å². The van der Waals surface area contributed by atoms with Crippen molar-refractivity contribution in [2.75, 3.05) is 52.9 Å². The summed E-state index contributed by atoms with van der Waals surface area (Å²) >= 11 is 6.26. The molecule has 1 unspecified atom stereocenters. The molecule has 2 fully saturated rings. The predicted octanol–water partition coefficient (Wildman–Crippen LogP) is 6.01. The fourth-order valence-electron chi connectivity index (χ4n) is 6.26. The molecule has 5 rings (SSSR count). The lowest BCUT2D eigenvalue weighted by molar-refractivity contribution is -0.137. The van der Waals surface area contributed by atoms with Gasteiger partial charge in [0, 0.05) is 79.3 Å². The first-order valence-corrected chi connectivity index (χ1v) is 14.8. The molecule has 3 aromatic rings. The van der Waals surface area contributed by atoms with Crippen LogP contribution < -0.4 is 4.74 Å². The molecule has 0 spiro atoms. The number of aromatic nitrogens is 1. The van der Waals surface area contributed by atoms with E-state index in [9.17, 15) is 4.79 Å². The molecule has 0 N–H and O–H groups in total. The monoisotopic (exact) mass is 550 g/mol. The van der Waals surface area contributed by atoms with Crippen LogP contribution in [-0.2, 0) is 11.3 Å². The Morgan fingerprint density at radius 1 is 1.08 bits per heavy atom. The molecular formula is C32H43ClN4O2. The summed E-state index contributed by atoms with van der Waals surface area (Å²) in [6, 6.07) is 14.9. The first-order valence-electron chi connectivity index (χ1n) is 14.4. The fourth-order valence-corrected chi connectivity index (χ4v) is 6.38. The lowest BCUT2D eigenvalue weighted by Gasteiger charge is -2.43. The van der Waals surface area contributed by atoms with Crippen molar-refractivity contribution >= 4 is 28.4 Å². The summed E-state index contributed by atoms with van der Waals surface area (Å²) in [5.74, 6) is 1.08. The van der Waals surface area contributed by atoms with Crippen molar-refractivity contribution in [1.29, 1.82) is 0 Å². The van der Waals surface area contributed by atoms with Gasteiger partial charge >= 0.3 is 0 Å². The summed E-state index contributed by atoms with van der Waals surface area (Å²) in [5, 5.41) is 2.07. The topological polar surface area (TPSA) is 41.0 Å². The van der Waals surface area contributed by atoms with Crippen LogP contribution in [0.15, 0.2) is 48.7 Å². The molecule has 7 heteroatoms. The number of carbonyl (C=O) groups is 1. The molecule has 0 bridgehead atoms. The maximum absolute atomic E-state index is 13.6. The number of para-hydroxylation sites is 1. The van der Waals surface area contributed by atoms with Gasteiger partial charge in [-0.3, -0.25) is 9.69 Å². The third-order valence-corrected chi connectivity index (χ3v) is 8.99. The molecule has 6 nitrogen and oxygen atoms in total. The van der Waals surface area contributed by atoms with E-state index in [-0.39, 0.29) is 11.3 Å². The number of aryl methyl sites for hydroxylation is 1. The van der Waals surface area contributed by atoms with E-state index < -0.39 is 0 Å². The third-order valence-electron chi connectivity index (χ3n) is 8.57. The third kappa shape index (κ3) is 6.45. The molecule has 0 saturated carbocycles. The quantitative estimate of drug-likeness (QED) is 0.344. The summed E-state index contributed by atoms with van der Waals surface area (Å²) in [4.78, 5) is 20.5. The molecule has 1 atom stereocenters.